The minimum absolute atomic E-state index is 0.491. The summed E-state index contributed by atoms with van der Waals surface area (Å²) >= 11 is 0. The van der Waals surface area contributed by atoms with E-state index < -0.39 is 0 Å². The molecule has 0 spiro atoms. The van der Waals surface area contributed by atoms with Gasteiger partial charge in [0.15, 0.2) is 0 Å². The fraction of sp³-hybridized carbons (Fsp3) is 0.846. The van der Waals surface area contributed by atoms with Crippen molar-refractivity contribution in [3.8, 4) is 0 Å². The van der Waals surface area contributed by atoms with Gasteiger partial charge < -0.3 is 10.2 Å². The van der Waals surface area contributed by atoms with Gasteiger partial charge in [-0.2, -0.15) is 0 Å². The van der Waals surface area contributed by atoms with Gasteiger partial charge in [-0.05, 0) is 38.9 Å². The van der Waals surface area contributed by atoms with Gasteiger partial charge >= 0.3 is 0 Å². The van der Waals surface area contributed by atoms with Gasteiger partial charge in [-0.15, -0.1) is 5.10 Å². The number of aryl methyl sites for hydroxylation is 1. The van der Waals surface area contributed by atoms with Gasteiger partial charge in [-0.25, -0.2) is 0 Å². The van der Waals surface area contributed by atoms with E-state index in [4.69, 9.17) is 0 Å². The minimum atomic E-state index is 0.491. The van der Waals surface area contributed by atoms with Crippen LogP contribution in [0.15, 0.2) is 6.20 Å². The van der Waals surface area contributed by atoms with Crippen molar-refractivity contribution >= 4 is 0 Å². The Balaban J connectivity index is 1.66. The highest BCUT2D eigenvalue weighted by Gasteiger charge is 2.10. The fourth-order valence-electron chi connectivity index (χ4n) is 2.30. The van der Waals surface area contributed by atoms with Gasteiger partial charge in [-0.3, -0.25) is 4.68 Å². The Kier molecular flexibility index (Phi) is 5.13. The molecule has 0 unspecified atom stereocenters. The molecule has 2 heterocycles. The quantitative estimate of drug-likeness (QED) is 0.792. The zero-order chi connectivity index (χ0) is 12.8. The van der Waals surface area contributed by atoms with E-state index in [0.29, 0.717) is 6.04 Å². The SMILES string of the molecule is CC(C)NCc1cn(CCCN2CCCC2)nn1. The average molecular weight is 251 g/mol. The zero-order valence-corrected chi connectivity index (χ0v) is 11.6. The summed E-state index contributed by atoms with van der Waals surface area (Å²) in [6.07, 6.45) is 5.96. The lowest BCUT2D eigenvalue weighted by molar-refractivity contribution is 0.321. The average Bonchev–Trinajstić information content (AvgIpc) is 2.97. The minimum Gasteiger partial charge on any atom is -0.309 e. The molecule has 0 bridgehead atoms. The van der Waals surface area contributed by atoms with E-state index >= 15 is 0 Å². The number of nitrogens with one attached hydrogen (secondary N) is 1. The molecule has 1 N–H and O–H groups in total. The molecule has 1 saturated heterocycles. The third kappa shape index (κ3) is 4.38. The molecule has 0 atom stereocenters. The molecule has 18 heavy (non-hydrogen) atoms. The maximum absolute atomic E-state index is 4.18. The van der Waals surface area contributed by atoms with Gasteiger partial charge in [0.2, 0.25) is 0 Å². The molecule has 1 fully saturated rings. The van der Waals surface area contributed by atoms with Crippen molar-refractivity contribution in [2.75, 3.05) is 19.6 Å². The molecule has 0 aliphatic carbocycles. The van der Waals surface area contributed by atoms with E-state index in [0.717, 1.165) is 18.8 Å². The van der Waals surface area contributed by atoms with Crippen LogP contribution < -0.4 is 5.32 Å². The van der Waals surface area contributed by atoms with Crippen molar-refractivity contribution in [2.45, 2.75) is 52.2 Å². The summed E-state index contributed by atoms with van der Waals surface area (Å²) in [5, 5.41) is 11.7. The lowest BCUT2D eigenvalue weighted by Crippen LogP contribution is -2.22. The number of rotatable bonds is 7. The number of aromatic nitrogens is 3. The van der Waals surface area contributed by atoms with Crippen LogP contribution in [0.5, 0.6) is 0 Å². The summed E-state index contributed by atoms with van der Waals surface area (Å²) in [5.74, 6) is 0. The number of hydrogen-bond donors (Lipinski definition) is 1. The van der Waals surface area contributed by atoms with E-state index in [1.807, 2.05) is 4.68 Å². The highest BCUT2D eigenvalue weighted by molar-refractivity contribution is 4.91. The van der Waals surface area contributed by atoms with Crippen LogP contribution in [0.3, 0.4) is 0 Å². The van der Waals surface area contributed by atoms with Gasteiger partial charge in [0.1, 0.15) is 0 Å². The maximum Gasteiger partial charge on any atom is 0.0964 e. The normalized spacial score (nSPS) is 16.8. The van der Waals surface area contributed by atoms with Gasteiger partial charge in [0, 0.05) is 25.3 Å². The summed E-state index contributed by atoms with van der Waals surface area (Å²) in [6.45, 7) is 9.82. The van der Waals surface area contributed by atoms with Crippen molar-refractivity contribution < 1.29 is 0 Å². The Morgan fingerprint density at radius 1 is 1.28 bits per heavy atom. The molecule has 0 amide bonds. The molecule has 1 aliphatic rings. The Labute approximate surface area is 110 Å². The first kappa shape index (κ1) is 13.5. The molecule has 1 aliphatic heterocycles. The van der Waals surface area contributed by atoms with E-state index in [9.17, 15) is 0 Å². The van der Waals surface area contributed by atoms with Crippen LogP contribution in [0.1, 0.15) is 38.8 Å². The lowest BCUT2D eigenvalue weighted by Gasteiger charge is -2.13. The first-order valence-corrected chi connectivity index (χ1v) is 7.09. The summed E-state index contributed by atoms with van der Waals surface area (Å²) in [5.41, 5.74) is 1.03. The second kappa shape index (κ2) is 6.85. The Morgan fingerprint density at radius 3 is 2.78 bits per heavy atom. The Hall–Kier alpha value is -0.940. The van der Waals surface area contributed by atoms with Gasteiger partial charge in [-0.1, -0.05) is 19.1 Å². The van der Waals surface area contributed by atoms with Crippen LogP contribution in [-0.4, -0.2) is 45.6 Å². The molecule has 5 heteroatoms. The topological polar surface area (TPSA) is 46.0 Å². The largest absolute Gasteiger partial charge is 0.309 e. The molecular weight excluding hydrogens is 226 g/mol. The highest BCUT2D eigenvalue weighted by atomic mass is 15.4. The predicted octanol–water partition coefficient (Wildman–Crippen LogP) is 1.26. The third-order valence-electron chi connectivity index (χ3n) is 3.34. The molecule has 1 aromatic heterocycles. The number of likely N-dealkylation sites (tertiary alicyclic amines) is 1. The van der Waals surface area contributed by atoms with Crippen molar-refractivity contribution in [3.05, 3.63) is 11.9 Å². The van der Waals surface area contributed by atoms with Crippen LogP contribution in [0.4, 0.5) is 0 Å². The molecule has 102 valence electrons. The summed E-state index contributed by atoms with van der Waals surface area (Å²) in [4.78, 5) is 2.54. The van der Waals surface area contributed by atoms with Crippen molar-refractivity contribution in [2.24, 2.45) is 0 Å². The molecule has 0 saturated carbocycles. The van der Waals surface area contributed by atoms with Crippen LogP contribution in [0.2, 0.25) is 0 Å². The Bertz CT molecular complexity index is 341. The summed E-state index contributed by atoms with van der Waals surface area (Å²) in [7, 11) is 0. The van der Waals surface area contributed by atoms with E-state index in [-0.39, 0.29) is 0 Å². The molecule has 0 aromatic carbocycles. The zero-order valence-electron chi connectivity index (χ0n) is 11.6. The number of hydrogen-bond acceptors (Lipinski definition) is 4. The van der Waals surface area contributed by atoms with Gasteiger partial charge in [0.25, 0.3) is 0 Å². The van der Waals surface area contributed by atoms with E-state index in [1.165, 1.54) is 38.9 Å². The van der Waals surface area contributed by atoms with Crippen molar-refractivity contribution in [3.63, 3.8) is 0 Å². The molecule has 5 nitrogen and oxygen atoms in total. The second-order valence-electron chi connectivity index (χ2n) is 5.41. The molecular formula is C13H25N5. The molecule has 2 rings (SSSR count). The number of nitrogens with zero attached hydrogens (tertiary/aromatic N) is 4. The van der Waals surface area contributed by atoms with Crippen LogP contribution in [0, 0.1) is 0 Å². The fourth-order valence-corrected chi connectivity index (χ4v) is 2.30. The first-order valence-electron chi connectivity index (χ1n) is 7.09. The Morgan fingerprint density at radius 2 is 2.06 bits per heavy atom. The first-order chi connectivity index (χ1) is 8.74. The highest BCUT2D eigenvalue weighted by Crippen LogP contribution is 2.07. The van der Waals surface area contributed by atoms with Crippen molar-refractivity contribution in [1.82, 2.24) is 25.2 Å². The molecule has 0 radical (unpaired) electrons. The van der Waals surface area contributed by atoms with Crippen LogP contribution in [0.25, 0.3) is 0 Å². The lowest BCUT2D eigenvalue weighted by atomic mass is 10.3. The third-order valence-corrected chi connectivity index (χ3v) is 3.34. The van der Waals surface area contributed by atoms with Crippen LogP contribution in [-0.2, 0) is 13.1 Å². The molecule has 1 aromatic rings. The standard InChI is InChI=1S/C13H25N5/c1-12(2)14-10-13-11-18(16-15-13)9-5-8-17-6-3-4-7-17/h11-12,14H,3-10H2,1-2H3. The summed E-state index contributed by atoms with van der Waals surface area (Å²) in [6, 6.07) is 0.491. The van der Waals surface area contributed by atoms with Crippen LogP contribution >= 0.6 is 0 Å². The summed E-state index contributed by atoms with van der Waals surface area (Å²) < 4.78 is 1.97. The van der Waals surface area contributed by atoms with E-state index in [1.54, 1.807) is 0 Å². The smallest absolute Gasteiger partial charge is 0.0964 e. The van der Waals surface area contributed by atoms with E-state index in [2.05, 4.69) is 40.6 Å². The van der Waals surface area contributed by atoms with Crippen molar-refractivity contribution in [1.29, 1.82) is 0 Å². The maximum atomic E-state index is 4.18. The van der Waals surface area contributed by atoms with Gasteiger partial charge in [0.05, 0.1) is 5.69 Å². The monoisotopic (exact) mass is 251 g/mol. The predicted molar refractivity (Wildman–Crippen MR) is 72.3 cm³/mol. The second-order valence-corrected chi connectivity index (χ2v) is 5.41.